The molecule has 3 aromatic rings. The number of rotatable bonds is 1. The zero-order valence-corrected chi connectivity index (χ0v) is 10.3. The molecule has 0 aliphatic carbocycles. The van der Waals surface area contributed by atoms with Gasteiger partial charge in [-0.3, -0.25) is 9.38 Å². The smallest absolute Gasteiger partial charge is 0.280 e. The molecule has 3 heterocycles. The second kappa shape index (κ2) is 4.56. The number of aromatic nitrogens is 4. The van der Waals surface area contributed by atoms with Crippen LogP contribution in [0, 0.1) is 11.3 Å². The van der Waals surface area contributed by atoms with Crippen LogP contribution in [0.1, 0.15) is 11.1 Å². The summed E-state index contributed by atoms with van der Waals surface area (Å²) in [5.74, 6) is 0.274. The number of nitriles is 1. The van der Waals surface area contributed by atoms with Gasteiger partial charge in [-0.15, -0.1) is 10.2 Å². The predicted octanol–water partition coefficient (Wildman–Crippen LogP) is 2.68. The van der Waals surface area contributed by atoms with Crippen molar-refractivity contribution in [3.63, 3.8) is 0 Å². The number of hydrogen-bond acceptors (Lipinski definition) is 4. The average molecular weight is 289 g/mol. The Kier molecular flexibility index (Phi) is 2.83. The minimum Gasteiger partial charge on any atom is -0.280 e. The fraction of sp³-hybridized carbons (Fsp3) is 0.0769. The molecule has 0 unspecified atom stereocenters. The summed E-state index contributed by atoms with van der Waals surface area (Å²) in [5, 5.41) is 16.7. The highest BCUT2D eigenvalue weighted by atomic mass is 19.4. The molecule has 21 heavy (non-hydrogen) atoms. The first-order chi connectivity index (χ1) is 9.99. The minimum atomic E-state index is -4.44. The van der Waals surface area contributed by atoms with Gasteiger partial charge in [0.15, 0.2) is 11.5 Å². The summed E-state index contributed by atoms with van der Waals surface area (Å²) in [4.78, 5) is 3.77. The number of fused-ring (bicyclic) bond motifs is 1. The van der Waals surface area contributed by atoms with Gasteiger partial charge in [-0.25, -0.2) is 0 Å². The number of hydrogen-bond donors (Lipinski definition) is 0. The van der Waals surface area contributed by atoms with E-state index in [0.717, 1.165) is 12.3 Å². The normalized spacial score (nSPS) is 11.5. The summed E-state index contributed by atoms with van der Waals surface area (Å²) in [5.41, 5.74) is 0.268. The lowest BCUT2D eigenvalue weighted by Crippen LogP contribution is -2.05. The van der Waals surface area contributed by atoms with Gasteiger partial charge in [-0.05, 0) is 24.3 Å². The zero-order chi connectivity index (χ0) is 15.0. The van der Waals surface area contributed by atoms with Crippen molar-refractivity contribution in [2.45, 2.75) is 6.18 Å². The van der Waals surface area contributed by atoms with Gasteiger partial charge in [0.25, 0.3) is 0 Å². The molecule has 8 heteroatoms. The Morgan fingerprint density at radius 3 is 2.52 bits per heavy atom. The van der Waals surface area contributed by atoms with Gasteiger partial charge in [-0.1, -0.05) is 0 Å². The molecule has 0 aromatic carbocycles. The molecule has 0 aliphatic heterocycles. The average Bonchev–Trinajstić information content (AvgIpc) is 2.89. The van der Waals surface area contributed by atoms with E-state index in [1.807, 2.05) is 6.07 Å². The molecular formula is C13H6F3N5. The fourth-order valence-corrected chi connectivity index (χ4v) is 1.83. The molecule has 0 aliphatic rings. The zero-order valence-electron chi connectivity index (χ0n) is 10.3. The highest BCUT2D eigenvalue weighted by Gasteiger charge is 2.30. The maximum Gasteiger partial charge on any atom is 0.417 e. The predicted molar refractivity (Wildman–Crippen MR) is 65.9 cm³/mol. The standard InChI is InChI=1S/C13H6F3N5/c14-13(15,16)9-2-3-10(18-6-9)12-20-19-11-4-1-8(5-17)7-21(11)12/h1-4,6-7H. The Hall–Kier alpha value is -2.95. The van der Waals surface area contributed by atoms with Gasteiger partial charge in [-0.2, -0.15) is 18.4 Å². The van der Waals surface area contributed by atoms with E-state index in [1.165, 1.54) is 16.7 Å². The Morgan fingerprint density at radius 1 is 1.10 bits per heavy atom. The van der Waals surface area contributed by atoms with Crippen LogP contribution in [-0.2, 0) is 6.18 Å². The largest absolute Gasteiger partial charge is 0.417 e. The third-order valence-corrected chi connectivity index (χ3v) is 2.85. The molecule has 0 saturated carbocycles. The second-order valence-corrected chi connectivity index (χ2v) is 4.21. The molecule has 3 rings (SSSR count). The van der Waals surface area contributed by atoms with E-state index in [1.54, 1.807) is 12.1 Å². The van der Waals surface area contributed by atoms with Crippen molar-refractivity contribution in [1.82, 2.24) is 19.6 Å². The molecule has 0 radical (unpaired) electrons. The summed E-state index contributed by atoms with van der Waals surface area (Å²) in [6.07, 6.45) is -2.19. The first-order valence-corrected chi connectivity index (χ1v) is 5.77. The quantitative estimate of drug-likeness (QED) is 0.690. The van der Waals surface area contributed by atoms with Crippen LogP contribution in [0.4, 0.5) is 13.2 Å². The van der Waals surface area contributed by atoms with Gasteiger partial charge in [0, 0.05) is 12.4 Å². The van der Waals surface area contributed by atoms with E-state index in [4.69, 9.17) is 5.26 Å². The Labute approximate surface area is 116 Å². The summed E-state index contributed by atoms with van der Waals surface area (Å²) in [6.45, 7) is 0. The fourth-order valence-electron chi connectivity index (χ4n) is 1.83. The summed E-state index contributed by atoms with van der Waals surface area (Å²) in [7, 11) is 0. The third-order valence-electron chi connectivity index (χ3n) is 2.85. The van der Waals surface area contributed by atoms with Crippen LogP contribution < -0.4 is 0 Å². The van der Waals surface area contributed by atoms with Crippen LogP contribution in [0.15, 0.2) is 36.7 Å². The highest BCUT2D eigenvalue weighted by Crippen LogP contribution is 2.29. The molecule has 104 valence electrons. The SMILES string of the molecule is N#Cc1ccc2nnc(-c3ccc(C(F)(F)F)cn3)n2c1. The number of nitrogens with zero attached hydrogens (tertiary/aromatic N) is 5. The Bertz CT molecular complexity index is 843. The molecule has 5 nitrogen and oxygen atoms in total. The van der Waals surface area contributed by atoms with Crippen molar-refractivity contribution >= 4 is 5.65 Å². The lowest BCUT2D eigenvalue weighted by molar-refractivity contribution is -0.137. The van der Waals surface area contributed by atoms with E-state index in [2.05, 4.69) is 15.2 Å². The first-order valence-electron chi connectivity index (χ1n) is 5.77. The van der Waals surface area contributed by atoms with Gasteiger partial charge in [0.05, 0.1) is 11.1 Å². The lowest BCUT2D eigenvalue weighted by atomic mass is 10.2. The van der Waals surface area contributed by atoms with Gasteiger partial charge in [0.2, 0.25) is 0 Å². The highest BCUT2D eigenvalue weighted by molar-refractivity contribution is 5.56. The van der Waals surface area contributed by atoms with Crippen LogP contribution in [0.5, 0.6) is 0 Å². The Morgan fingerprint density at radius 2 is 1.90 bits per heavy atom. The van der Waals surface area contributed by atoms with Crippen LogP contribution in [0.3, 0.4) is 0 Å². The van der Waals surface area contributed by atoms with Crippen molar-refractivity contribution in [3.05, 3.63) is 47.8 Å². The van der Waals surface area contributed by atoms with Gasteiger partial charge < -0.3 is 0 Å². The molecule has 3 aromatic heterocycles. The molecular weight excluding hydrogens is 283 g/mol. The maximum absolute atomic E-state index is 12.5. The monoisotopic (exact) mass is 289 g/mol. The Balaban J connectivity index is 2.10. The van der Waals surface area contributed by atoms with Crippen LogP contribution in [0.2, 0.25) is 0 Å². The van der Waals surface area contributed by atoms with Crippen molar-refractivity contribution in [2.75, 3.05) is 0 Å². The van der Waals surface area contributed by atoms with Gasteiger partial charge >= 0.3 is 6.18 Å². The minimum absolute atomic E-state index is 0.241. The van der Waals surface area contributed by atoms with E-state index in [9.17, 15) is 13.2 Å². The second-order valence-electron chi connectivity index (χ2n) is 4.21. The van der Waals surface area contributed by atoms with Crippen molar-refractivity contribution < 1.29 is 13.2 Å². The van der Waals surface area contributed by atoms with Crippen molar-refractivity contribution in [2.24, 2.45) is 0 Å². The number of halogens is 3. The molecule has 0 saturated heterocycles. The molecule has 0 N–H and O–H groups in total. The summed E-state index contributed by atoms with van der Waals surface area (Å²) >= 11 is 0. The van der Waals surface area contributed by atoms with Crippen LogP contribution >= 0.6 is 0 Å². The van der Waals surface area contributed by atoms with E-state index >= 15 is 0 Å². The third kappa shape index (κ3) is 2.29. The van der Waals surface area contributed by atoms with Crippen LogP contribution in [0.25, 0.3) is 17.2 Å². The van der Waals surface area contributed by atoms with Crippen molar-refractivity contribution in [3.8, 4) is 17.6 Å². The number of alkyl halides is 3. The molecule has 0 fully saturated rings. The molecule has 0 spiro atoms. The molecule has 0 atom stereocenters. The first kappa shape index (κ1) is 13.1. The van der Waals surface area contributed by atoms with E-state index < -0.39 is 11.7 Å². The van der Waals surface area contributed by atoms with E-state index in [0.29, 0.717) is 11.2 Å². The van der Waals surface area contributed by atoms with E-state index in [-0.39, 0.29) is 11.5 Å². The van der Waals surface area contributed by atoms with Crippen LogP contribution in [-0.4, -0.2) is 19.6 Å². The van der Waals surface area contributed by atoms with Crippen molar-refractivity contribution in [1.29, 1.82) is 5.26 Å². The summed E-state index contributed by atoms with van der Waals surface area (Å²) < 4.78 is 39.0. The summed E-state index contributed by atoms with van der Waals surface area (Å²) in [6, 6.07) is 7.29. The molecule has 0 amide bonds. The topological polar surface area (TPSA) is 66.9 Å². The van der Waals surface area contributed by atoms with Gasteiger partial charge in [0.1, 0.15) is 11.8 Å². The molecule has 0 bridgehead atoms. The lowest BCUT2D eigenvalue weighted by Gasteiger charge is -2.06. The number of pyridine rings is 2. The maximum atomic E-state index is 12.5.